The SMILES string of the molecule is CC(C)CC(=O)N1CCN(C(C)c2nc3ccccc3c(=O)n2-c2ccc(Br)cc2)CC1. The number of carbonyl (C=O) groups is 1. The van der Waals surface area contributed by atoms with Gasteiger partial charge in [-0.2, -0.15) is 0 Å². The maximum absolute atomic E-state index is 13.5. The molecule has 1 fully saturated rings. The highest BCUT2D eigenvalue weighted by atomic mass is 79.9. The Morgan fingerprint density at radius 1 is 1.00 bits per heavy atom. The molecule has 3 aromatic rings. The van der Waals surface area contributed by atoms with Crippen LogP contribution in [0.25, 0.3) is 16.6 Å². The summed E-state index contributed by atoms with van der Waals surface area (Å²) >= 11 is 3.47. The third-order valence-electron chi connectivity index (χ3n) is 6.06. The fraction of sp³-hybridized carbons (Fsp3) is 0.400. The number of benzene rings is 2. The van der Waals surface area contributed by atoms with Crippen LogP contribution in [0.1, 0.15) is 39.1 Å². The molecule has 1 saturated heterocycles. The quantitative estimate of drug-likeness (QED) is 0.525. The van der Waals surface area contributed by atoms with Gasteiger partial charge in [0.05, 0.1) is 22.6 Å². The summed E-state index contributed by atoms with van der Waals surface area (Å²) in [6, 6.07) is 15.2. The van der Waals surface area contributed by atoms with Crippen LogP contribution >= 0.6 is 15.9 Å². The number of amides is 1. The van der Waals surface area contributed by atoms with E-state index >= 15 is 0 Å². The smallest absolute Gasteiger partial charge is 0.266 e. The Hall–Kier alpha value is -2.51. The van der Waals surface area contributed by atoms with Crippen LogP contribution in [0.3, 0.4) is 0 Å². The van der Waals surface area contributed by atoms with Gasteiger partial charge in [0.1, 0.15) is 5.82 Å². The molecule has 1 aliphatic rings. The molecule has 0 aliphatic carbocycles. The predicted octanol–water partition coefficient (Wildman–Crippen LogP) is 4.40. The molecule has 2 heterocycles. The number of para-hydroxylation sites is 1. The van der Waals surface area contributed by atoms with Crippen LogP contribution in [0.15, 0.2) is 57.8 Å². The number of rotatable bonds is 5. The van der Waals surface area contributed by atoms with E-state index in [1.807, 2.05) is 53.4 Å². The summed E-state index contributed by atoms with van der Waals surface area (Å²) in [7, 11) is 0. The standard InChI is InChI=1S/C25H29BrN4O2/c1-17(2)16-23(31)29-14-12-28(13-15-29)18(3)24-27-22-7-5-4-6-21(22)25(32)30(24)20-10-8-19(26)9-11-20/h4-11,17-18H,12-16H2,1-3H3. The van der Waals surface area contributed by atoms with E-state index in [-0.39, 0.29) is 17.5 Å². The van der Waals surface area contributed by atoms with E-state index in [0.717, 1.165) is 29.1 Å². The van der Waals surface area contributed by atoms with Gasteiger partial charge in [0.15, 0.2) is 0 Å². The number of nitrogens with zero attached hydrogens (tertiary/aromatic N) is 4. The molecule has 0 radical (unpaired) electrons. The lowest BCUT2D eigenvalue weighted by Crippen LogP contribution is -2.50. The molecule has 1 amide bonds. The van der Waals surface area contributed by atoms with E-state index in [1.54, 1.807) is 4.57 Å². The van der Waals surface area contributed by atoms with E-state index in [9.17, 15) is 9.59 Å². The van der Waals surface area contributed by atoms with Crippen molar-refractivity contribution in [1.82, 2.24) is 19.4 Å². The molecule has 0 bridgehead atoms. The minimum Gasteiger partial charge on any atom is -0.340 e. The Balaban J connectivity index is 1.68. The monoisotopic (exact) mass is 496 g/mol. The van der Waals surface area contributed by atoms with E-state index in [2.05, 4.69) is 41.6 Å². The number of fused-ring (bicyclic) bond motifs is 1. The number of piperazine rings is 1. The van der Waals surface area contributed by atoms with Gasteiger partial charge in [-0.1, -0.05) is 41.9 Å². The predicted molar refractivity (Wildman–Crippen MR) is 131 cm³/mol. The highest BCUT2D eigenvalue weighted by Crippen LogP contribution is 2.25. The van der Waals surface area contributed by atoms with Crippen molar-refractivity contribution < 1.29 is 4.79 Å². The van der Waals surface area contributed by atoms with Gasteiger partial charge >= 0.3 is 0 Å². The molecule has 7 heteroatoms. The second-order valence-corrected chi connectivity index (χ2v) is 9.71. The minimum absolute atomic E-state index is 0.0643. The van der Waals surface area contributed by atoms with Crippen LogP contribution in [-0.4, -0.2) is 51.4 Å². The molecule has 1 aromatic heterocycles. The molecule has 1 unspecified atom stereocenters. The van der Waals surface area contributed by atoms with Crippen molar-refractivity contribution >= 4 is 32.7 Å². The Morgan fingerprint density at radius 3 is 2.31 bits per heavy atom. The second-order valence-electron chi connectivity index (χ2n) is 8.79. The van der Waals surface area contributed by atoms with Crippen molar-refractivity contribution in [2.75, 3.05) is 26.2 Å². The summed E-state index contributed by atoms with van der Waals surface area (Å²) in [5, 5.41) is 0.607. The molecular weight excluding hydrogens is 468 g/mol. The van der Waals surface area contributed by atoms with Crippen molar-refractivity contribution in [3.8, 4) is 5.69 Å². The Morgan fingerprint density at radius 2 is 1.66 bits per heavy atom. The fourth-order valence-corrected chi connectivity index (χ4v) is 4.53. The van der Waals surface area contributed by atoms with Crippen LogP contribution in [0, 0.1) is 5.92 Å². The highest BCUT2D eigenvalue weighted by Gasteiger charge is 2.28. The lowest BCUT2D eigenvalue weighted by atomic mass is 10.1. The lowest BCUT2D eigenvalue weighted by molar-refractivity contribution is -0.134. The molecule has 1 aliphatic heterocycles. The van der Waals surface area contributed by atoms with E-state index in [0.29, 0.717) is 36.3 Å². The molecule has 32 heavy (non-hydrogen) atoms. The molecule has 6 nitrogen and oxygen atoms in total. The summed E-state index contributed by atoms with van der Waals surface area (Å²) in [4.78, 5) is 35.2. The fourth-order valence-electron chi connectivity index (χ4n) is 4.27. The lowest BCUT2D eigenvalue weighted by Gasteiger charge is -2.38. The maximum Gasteiger partial charge on any atom is 0.266 e. The van der Waals surface area contributed by atoms with E-state index < -0.39 is 0 Å². The first-order chi connectivity index (χ1) is 15.3. The van der Waals surface area contributed by atoms with Crippen molar-refractivity contribution in [2.24, 2.45) is 5.92 Å². The third kappa shape index (κ3) is 4.64. The van der Waals surface area contributed by atoms with Crippen LogP contribution in [0.2, 0.25) is 0 Å². The normalized spacial score (nSPS) is 16.0. The summed E-state index contributed by atoms with van der Waals surface area (Å²) in [5.74, 6) is 1.31. The van der Waals surface area contributed by atoms with E-state index in [1.165, 1.54) is 0 Å². The van der Waals surface area contributed by atoms with Crippen molar-refractivity contribution in [3.05, 3.63) is 69.2 Å². The average molecular weight is 497 g/mol. The summed E-state index contributed by atoms with van der Waals surface area (Å²) < 4.78 is 2.69. The van der Waals surface area contributed by atoms with Gasteiger partial charge in [-0.25, -0.2) is 4.98 Å². The van der Waals surface area contributed by atoms with Crippen LogP contribution < -0.4 is 5.56 Å². The zero-order chi connectivity index (χ0) is 22.8. The minimum atomic E-state index is -0.0710. The van der Waals surface area contributed by atoms with Gasteiger partial charge in [0.2, 0.25) is 5.91 Å². The first kappa shape index (κ1) is 22.7. The number of carbonyl (C=O) groups excluding carboxylic acids is 1. The van der Waals surface area contributed by atoms with Gasteiger partial charge < -0.3 is 4.90 Å². The Bertz CT molecular complexity index is 1160. The zero-order valence-corrected chi connectivity index (χ0v) is 20.4. The molecular formula is C25H29BrN4O2. The van der Waals surface area contributed by atoms with Gasteiger partial charge in [-0.3, -0.25) is 19.1 Å². The van der Waals surface area contributed by atoms with Gasteiger partial charge in [-0.05, 0) is 49.2 Å². The van der Waals surface area contributed by atoms with Gasteiger partial charge in [0, 0.05) is 37.1 Å². The molecule has 0 N–H and O–H groups in total. The average Bonchev–Trinajstić information content (AvgIpc) is 2.79. The maximum atomic E-state index is 13.5. The summed E-state index contributed by atoms with van der Waals surface area (Å²) in [6.07, 6.45) is 0.588. The largest absolute Gasteiger partial charge is 0.340 e. The first-order valence-corrected chi connectivity index (χ1v) is 11.9. The molecule has 0 spiro atoms. The van der Waals surface area contributed by atoms with Crippen LogP contribution in [0.4, 0.5) is 0 Å². The van der Waals surface area contributed by atoms with Crippen molar-refractivity contribution in [1.29, 1.82) is 0 Å². The van der Waals surface area contributed by atoms with Crippen LogP contribution in [0.5, 0.6) is 0 Å². The van der Waals surface area contributed by atoms with Crippen molar-refractivity contribution in [2.45, 2.75) is 33.2 Å². The number of hydrogen-bond acceptors (Lipinski definition) is 4. The molecule has 0 saturated carbocycles. The Kier molecular flexibility index (Phi) is 6.76. The highest BCUT2D eigenvalue weighted by molar-refractivity contribution is 9.10. The summed E-state index contributed by atoms with van der Waals surface area (Å²) in [6.45, 7) is 9.16. The molecule has 1 atom stereocenters. The van der Waals surface area contributed by atoms with Gasteiger partial charge in [0.25, 0.3) is 5.56 Å². The molecule has 168 valence electrons. The number of hydrogen-bond donors (Lipinski definition) is 0. The summed E-state index contributed by atoms with van der Waals surface area (Å²) in [5.41, 5.74) is 1.44. The van der Waals surface area contributed by atoms with Gasteiger partial charge in [-0.15, -0.1) is 0 Å². The first-order valence-electron chi connectivity index (χ1n) is 11.1. The topological polar surface area (TPSA) is 58.4 Å². The number of aromatic nitrogens is 2. The number of halogens is 1. The molecule has 2 aromatic carbocycles. The Labute approximate surface area is 197 Å². The van der Waals surface area contributed by atoms with E-state index in [4.69, 9.17) is 4.98 Å². The van der Waals surface area contributed by atoms with Crippen LogP contribution in [-0.2, 0) is 4.79 Å². The van der Waals surface area contributed by atoms with Crippen molar-refractivity contribution in [3.63, 3.8) is 0 Å². The second kappa shape index (κ2) is 9.55. The molecule has 4 rings (SSSR count). The third-order valence-corrected chi connectivity index (χ3v) is 6.59. The zero-order valence-electron chi connectivity index (χ0n) is 18.8.